The highest BCUT2D eigenvalue weighted by molar-refractivity contribution is 7.23. The van der Waals surface area contributed by atoms with Crippen LogP contribution in [0.3, 0.4) is 0 Å². The Morgan fingerprint density at radius 2 is 1.89 bits per heavy atom. The van der Waals surface area contributed by atoms with Crippen molar-refractivity contribution >= 4 is 44.2 Å². The molecular weight excluding hydrogens is 517 g/mol. The van der Waals surface area contributed by atoms with E-state index in [1.807, 2.05) is 13.0 Å². The van der Waals surface area contributed by atoms with Crippen molar-refractivity contribution in [1.82, 2.24) is 10.3 Å². The lowest BCUT2D eigenvalue weighted by Gasteiger charge is -2.28. The van der Waals surface area contributed by atoms with Gasteiger partial charge in [0.15, 0.2) is 5.13 Å². The summed E-state index contributed by atoms with van der Waals surface area (Å²) in [6.07, 6.45) is -1.53. The van der Waals surface area contributed by atoms with Gasteiger partial charge in [0.1, 0.15) is 11.3 Å². The molecule has 1 saturated carbocycles. The van der Waals surface area contributed by atoms with Crippen LogP contribution >= 0.6 is 11.3 Å². The number of ether oxygens (including phenoxy) is 1. The van der Waals surface area contributed by atoms with Gasteiger partial charge in [0.25, 0.3) is 0 Å². The molecule has 0 unspecified atom stereocenters. The minimum atomic E-state index is -4.36. The second kappa shape index (κ2) is 11.7. The van der Waals surface area contributed by atoms with Crippen molar-refractivity contribution in [3.05, 3.63) is 47.5 Å². The van der Waals surface area contributed by atoms with Crippen molar-refractivity contribution in [2.45, 2.75) is 58.3 Å². The molecule has 1 heterocycles. The van der Waals surface area contributed by atoms with Gasteiger partial charge in [0.2, 0.25) is 11.8 Å². The van der Waals surface area contributed by atoms with Crippen LogP contribution in [-0.2, 0) is 22.3 Å². The minimum absolute atomic E-state index is 0.0867. The Bertz CT molecular complexity index is 1300. The van der Waals surface area contributed by atoms with Crippen molar-refractivity contribution in [2.75, 3.05) is 23.9 Å². The van der Waals surface area contributed by atoms with Crippen LogP contribution in [0.2, 0.25) is 0 Å². The lowest BCUT2D eigenvalue weighted by atomic mass is 9.85. The minimum Gasteiger partial charge on any atom is -0.494 e. The van der Waals surface area contributed by atoms with E-state index in [1.54, 1.807) is 24.1 Å². The third-order valence-corrected chi connectivity index (χ3v) is 7.86. The molecule has 0 aliphatic heterocycles. The number of amides is 2. The van der Waals surface area contributed by atoms with Gasteiger partial charge in [0, 0.05) is 32.0 Å². The van der Waals surface area contributed by atoms with Crippen LogP contribution in [0.25, 0.3) is 10.2 Å². The van der Waals surface area contributed by atoms with Crippen LogP contribution in [0, 0.1) is 5.92 Å². The van der Waals surface area contributed by atoms with E-state index in [2.05, 4.69) is 15.6 Å². The van der Waals surface area contributed by atoms with Crippen molar-refractivity contribution in [3.63, 3.8) is 0 Å². The summed E-state index contributed by atoms with van der Waals surface area (Å²) in [4.78, 5) is 31.4. The van der Waals surface area contributed by atoms with E-state index >= 15 is 0 Å². The SMILES string of the molecule is CCN(C(C)=O)c1ccc(OC)c2nc(NC(=O)C3CCC(NCc4cccc(C(F)(F)F)c4)CC3)sc12. The lowest BCUT2D eigenvalue weighted by Crippen LogP contribution is -2.36. The Labute approximate surface area is 223 Å². The molecule has 2 amide bonds. The Hall–Kier alpha value is -3.18. The Morgan fingerprint density at radius 1 is 1.16 bits per heavy atom. The number of nitrogens with one attached hydrogen (secondary N) is 2. The first-order chi connectivity index (χ1) is 18.1. The second-order valence-electron chi connectivity index (χ2n) is 9.36. The average Bonchev–Trinajstić information content (AvgIpc) is 3.31. The first kappa shape index (κ1) is 27.8. The summed E-state index contributed by atoms with van der Waals surface area (Å²) in [6.45, 7) is 4.25. The van der Waals surface area contributed by atoms with Crippen molar-refractivity contribution in [2.24, 2.45) is 5.92 Å². The van der Waals surface area contributed by atoms with Crippen molar-refractivity contribution in [1.29, 1.82) is 0 Å². The fraction of sp³-hybridized carbons (Fsp3) is 0.444. The number of methoxy groups -OCH3 is 1. The Balaban J connectivity index is 1.37. The molecule has 1 aromatic heterocycles. The zero-order chi connectivity index (χ0) is 27.4. The number of carbonyl (C=O) groups excluding carboxylic acids is 2. The van der Waals surface area contributed by atoms with E-state index in [0.29, 0.717) is 47.9 Å². The second-order valence-corrected chi connectivity index (χ2v) is 10.4. The number of hydrogen-bond donors (Lipinski definition) is 2. The molecule has 0 radical (unpaired) electrons. The maximum Gasteiger partial charge on any atom is 0.416 e. The van der Waals surface area contributed by atoms with E-state index < -0.39 is 11.7 Å². The number of aromatic nitrogens is 1. The Morgan fingerprint density at radius 3 is 2.53 bits per heavy atom. The number of fused-ring (bicyclic) bond motifs is 1. The first-order valence-electron chi connectivity index (χ1n) is 12.6. The van der Waals surface area contributed by atoms with Crippen LogP contribution in [0.4, 0.5) is 24.0 Å². The van der Waals surface area contributed by atoms with Crippen molar-refractivity contribution in [3.8, 4) is 5.75 Å². The van der Waals surface area contributed by atoms with E-state index in [1.165, 1.54) is 30.4 Å². The van der Waals surface area contributed by atoms with Gasteiger partial charge in [0.05, 0.1) is 23.1 Å². The molecule has 0 atom stereocenters. The van der Waals surface area contributed by atoms with Crippen LogP contribution in [0.15, 0.2) is 36.4 Å². The van der Waals surface area contributed by atoms with Gasteiger partial charge in [-0.15, -0.1) is 0 Å². The normalized spacial score (nSPS) is 17.8. The van der Waals surface area contributed by atoms with Gasteiger partial charge >= 0.3 is 6.18 Å². The molecule has 0 saturated heterocycles. The van der Waals surface area contributed by atoms with Crippen molar-refractivity contribution < 1.29 is 27.5 Å². The van der Waals surface area contributed by atoms with E-state index in [9.17, 15) is 22.8 Å². The molecule has 1 fully saturated rings. The number of halogens is 3. The standard InChI is InChI=1S/C27H31F3N4O3S/c1-4-34(16(2)35)21-12-13-22(37-3)23-24(21)38-26(32-23)33-25(36)18-8-10-20(11-9-18)31-15-17-6-5-7-19(14-17)27(28,29)30/h5-7,12-14,18,20,31H,4,8-11,15H2,1-3H3,(H,32,33,36). The maximum absolute atomic E-state index is 13.0. The van der Waals surface area contributed by atoms with E-state index in [-0.39, 0.29) is 23.8 Å². The van der Waals surface area contributed by atoms with Crippen LogP contribution in [-0.4, -0.2) is 36.5 Å². The van der Waals surface area contributed by atoms with Crippen LogP contribution < -0.4 is 20.3 Å². The zero-order valence-electron chi connectivity index (χ0n) is 21.5. The summed E-state index contributed by atoms with van der Waals surface area (Å²) in [5, 5.41) is 6.72. The van der Waals surface area contributed by atoms with Gasteiger partial charge in [-0.1, -0.05) is 29.5 Å². The molecule has 2 aromatic carbocycles. The lowest BCUT2D eigenvalue weighted by molar-refractivity contribution is -0.137. The third kappa shape index (κ3) is 6.27. The molecule has 0 spiro atoms. The summed E-state index contributed by atoms with van der Waals surface area (Å²) < 4.78 is 45.1. The molecule has 4 rings (SSSR count). The summed E-state index contributed by atoms with van der Waals surface area (Å²) in [5.74, 6) is 0.183. The van der Waals surface area contributed by atoms with Crippen LogP contribution in [0.5, 0.6) is 5.75 Å². The zero-order valence-corrected chi connectivity index (χ0v) is 22.3. The number of benzene rings is 2. The summed E-state index contributed by atoms with van der Waals surface area (Å²) in [7, 11) is 1.55. The monoisotopic (exact) mass is 548 g/mol. The summed E-state index contributed by atoms with van der Waals surface area (Å²) in [5.41, 5.74) is 1.24. The largest absolute Gasteiger partial charge is 0.494 e. The summed E-state index contributed by atoms with van der Waals surface area (Å²) >= 11 is 1.31. The number of hydrogen-bond acceptors (Lipinski definition) is 6. The predicted octanol–water partition coefficient (Wildman–Crippen LogP) is 5.98. The molecule has 7 nitrogen and oxygen atoms in total. The topological polar surface area (TPSA) is 83.6 Å². The fourth-order valence-electron chi connectivity index (χ4n) is 4.85. The maximum atomic E-state index is 13.0. The van der Waals surface area contributed by atoms with E-state index in [4.69, 9.17) is 4.74 Å². The molecule has 11 heteroatoms. The van der Waals surface area contributed by atoms with Gasteiger partial charge in [-0.2, -0.15) is 13.2 Å². The fourth-order valence-corrected chi connectivity index (χ4v) is 5.86. The predicted molar refractivity (Wildman–Crippen MR) is 143 cm³/mol. The highest BCUT2D eigenvalue weighted by Crippen LogP contribution is 2.40. The molecule has 1 aliphatic rings. The molecule has 204 valence electrons. The number of nitrogens with zero attached hydrogens (tertiary/aromatic N) is 2. The highest BCUT2D eigenvalue weighted by atomic mass is 32.1. The van der Waals surface area contributed by atoms with Gasteiger partial charge in [-0.3, -0.25) is 9.59 Å². The van der Waals surface area contributed by atoms with Crippen LogP contribution in [0.1, 0.15) is 50.7 Å². The Kier molecular flexibility index (Phi) is 8.57. The molecule has 1 aliphatic carbocycles. The van der Waals surface area contributed by atoms with E-state index in [0.717, 1.165) is 29.3 Å². The number of alkyl halides is 3. The first-order valence-corrected chi connectivity index (χ1v) is 13.4. The van der Waals surface area contributed by atoms with Gasteiger partial charge < -0.3 is 20.3 Å². The number of rotatable bonds is 8. The van der Waals surface area contributed by atoms with Gasteiger partial charge in [-0.05, 0) is 56.4 Å². The molecule has 3 aromatic rings. The number of thiazole rings is 1. The third-order valence-electron chi connectivity index (χ3n) is 6.87. The number of carbonyl (C=O) groups is 2. The molecule has 0 bridgehead atoms. The molecule has 2 N–H and O–H groups in total. The highest BCUT2D eigenvalue weighted by Gasteiger charge is 2.31. The summed E-state index contributed by atoms with van der Waals surface area (Å²) in [6, 6.07) is 9.05. The molecule has 38 heavy (non-hydrogen) atoms. The quantitative estimate of drug-likeness (QED) is 0.362. The van der Waals surface area contributed by atoms with Gasteiger partial charge in [-0.25, -0.2) is 4.98 Å². The smallest absolute Gasteiger partial charge is 0.416 e. The number of anilines is 2. The molecular formula is C27H31F3N4O3S. The average molecular weight is 549 g/mol.